The maximum Gasteiger partial charge on any atom is 0.177 e. The smallest absolute Gasteiger partial charge is 0.177 e. The van der Waals surface area contributed by atoms with Gasteiger partial charge in [0.1, 0.15) is 11.8 Å². The van der Waals surface area contributed by atoms with E-state index in [4.69, 9.17) is 0 Å². The Morgan fingerprint density at radius 2 is 1.91 bits per heavy atom. The lowest BCUT2D eigenvalue weighted by molar-refractivity contribution is -0.886. The Hall–Kier alpha value is -0.350. The van der Waals surface area contributed by atoms with Gasteiger partial charge in [-0.1, -0.05) is 0 Å². The van der Waals surface area contributed by atoms with E-state index in [2.05, 4.69) is 0 Å². The van der Waals surface area contributed by atoms with Crippen molar-refractivity contribution in [3.8, 4) is 0 Å². The van der Waals surface area contributed by atoms with Crippen LogP contribution in [0.15, 0.2) is 11.5 Å². The first-order chi connectivity index (χ1) is 4.81. The SMILES string of the molecule is C[N+](C)(C)C1C=CS(=O)(=O)C1. The average molecular weight is 176 g/mol. The summed E-state index contributed by atoms with van der Waals surface area (Å²) < 4.78 is 22.7. The molecule has 0 N–H and O–H groups in total. The van der Waals surface area contributed by atoms with Crippen molar-refractivity contribution in [3.05, 3.63) is 11.5 Å². The highest BCUT2D eigenvalue weighted by atomic mass is 32.2. The number of nitrogens with zero attached hydrogens (tertiary/aromatic N) is 1. The highest BCUT2D eigenvalue weighted by molar-refractivity contribution is 7.94. The maximum atomic E-state index is 11.0. The van der Waals surface area contributed by atoms with Crippen LogP contribution in [0.25, 0.3) is 0 Å². The molecular weight excluding hydrogens is 162 g/mol. The van der Waals surface area contributed by atoms with Crippen LogP contribution in [0.2, 0.25) is 0 Å². The molecule has 0 spiro atoms. The lowest BCUT2D eigenvalue weighted by atomic mass is 10.3. The molecule has 0 aromatic heterocycles. The summed E-state index contributed by atoms with van der Waals surface area (Å²) >= 11 is 0. The monoisotopic (exact) mass is 176 g/mol. The number of sulfone groups is 1. The van der Waals surface area contributed by atoms with Crippen LogP contribution >= 0.6 is 0 Å². The molecule has 0 aromatic carbocycles. The van der Waals surface area contributed by atoms with Gasteiger partial charge in [0.2, 0.25) is 0 Å². The van der Waals surface area contributed by atoms with Crippen molar-refractivity contribution in [2.75, 3.05) is 26.9 Å². The third-order valence-corrected chi connectivity index (χ3v) is 3.28. The second-order valence-electron chi connectivity index (χ2n) is 3.84. The van der Waals surface area contributed by atoms with Gasteiger partial charge in [-0.2, -0.15) is 0 Å². The molecule has 11 heavy (non-hydrogen) atoms. The van der Waals surface area contributed by atoms with Crippen molar-refractivity contribution in [2.45, 2.75) is 6.04 Å². The largest absolute Gasteiger partial charge is 0.324 e. The lowest BCUT2D eigenvalue weighted by Gasteiger charge is -2.29. The third kappa shape index (κ3) is 2.04. The number of hydrogen-bond acceptors (Lipinski definition) is 2. The van der Waals surface area contributed by atoms with Crippen LogP contribution in [0.5, 0.6) is 0 Å². The van der Waals surface area contributed by atoms with E-state index in [0.717, 1.165) is 0 Å². The summed E-state index contributed by atoms with van der Waals surface area (Å²) in [6.45, 7) is 0. The van der Waals surface area contributed by atoms with Gasteiger partial charge in [-0.05, 0) is 6.08 Å². The molecule has 0 aliphatic carbocycles. The molecule has 1 heterocycles. The summed E-state index contributed by atoms with van der Waals surface area (Å²) in [5, 5.41) is 1.32. The predicted octanol–water partition coefficient (Wildman–Crippen LogP) is 0.00330. The number of quaternary nitrogens is 1. The lowest BCUT2D eigenvalue weighted by Crippen LogP contribution is -2.45. The summed E-state index contributed by atoms with van der Waals surface area (Å²) in [6, 6.07) is 0.125. The average Bonchev–Trinajstić information content (AvgIpc) is 2.07. The first kappa shape index (κ1) is 8.74. The van der Waals surface area contributed by atoms with Crippen molar-refractivity contribution in [3.63, 3.8) is 0 Å². The minimum absolute atomic E-state index is 0.125. The molecule has 0 saturated heterocycles. The summed E-state index contributed by atoms with van der Waals surface area (Å²) in [6.07, 6.45) is 1.77. The van der Waals surface area contributed by atoms with Crippen LogP contribution in [0.3, 0.4) is 0 Å². The fourth-order valence-electron chi connectivity index (χ4n) is 1.04. The molecule has 1 aliphatic heterocycles. The van der Waals surface area contributed by atoms with Gasteiger partial charge in [-0.3, -0.25) is 0 Å². The van der Waals surface area contributed by atoms with Gasteiger partial charge in [0.05, 0.1) is 21.1 Å². The van der Waals surface area contributed by atoms with Gasteiger partial charge in [0.25, 0.3) is 0 Å². The Balaban J connectivity index is 2.81. The number of likely N-dealkylation sites (N-methyl/N-ethyl adjacent to an activating group) is 1. The molecule has 3 nitrogen and oxygen atoms in total. The van der Waals surface area contributed by atoms with E-state index < -0.39 is 9.84 Å². The zero-order valence-electron chi connectivity index (χ0n) is 7.11. The number of rotatable bonds is 1. The molecule has 0 bridgehead atoms. The maximum absolute atomic E-state index is 11.0. The molecule has 0 aromatic rings. The standard InChI is InChI=1S/C7H14NO2S/c1-8(2,3)7-4-5-11(9,10)6-7/h4-5,7H,6H2,1-3H3/q+1. The van der Waals surface area contributed by atoms with E-state index in [0.29, 0.717) is 4.48 Å². The molecule has 64 valence electrons. The molecule has 1 unspecified atom stereocenters. The molecular formula is C7H14NO2S+. The number of hydrogen-bond donors (Lipinski definition) is 0. The van der Waals surface area contributed by atoms with Crippen molar-refractivity contribution in [1.82, 2.24) is 0 Å². The zero-order chi connectivity index (χ0) is 8.70. The summed E-state index contributed by atoms with van der Waals surface area (Å²) in [5.74, 6) is 0.260. The van der Waals surface area contributed by atoms with Crippen LogP contribution < -0.4 is 0 Å². The first-order valence-corrected chi connectivity index (χ1v) is 5.25. The quantitative estimate of drug-likeness (QED) is 0.527. The normalized spacial score (nSPS) is 29.2. The Morgan fingerprint density at radius 1 is 1.36 bits per heavy atom. The molecule has 0 saturated carbocycles. The Morgan fingerprint density at radius 3 is 2.09 bits per heavy atom. The fourth-order valence-corrected chi connectivity index (χ4v) is 2.61. The fraction of sp³-hybridized carbons (Fsp3) is 0.714. The summed E-state index contributed by atoms with van der Waals surface area (Å²) in [5.41, 5.74) is 0. The first-order valence-electron chi connectivity index (χ1n) is 3.53. The Kier molecular flexibility index (Phi) is 1.84. The second-order valence-corrected chi connectivity index (χ2v) is 5.77. The van der Waals surface area contributed by atoms with Crippen LogP contribution in [0.4, 0.5) is 0 Å². The second kappa shape index (κ2) is 2.32. The Labute approximate surface area is 67.8 Å². The molecule has 1 rings (SSSR count). The molecule has 0 radical (unpaired) electrons. The van der Waals surface area contributed by atoms with Gasteiger partial charge in [-0.15, -0.1) is 0 Å². The summed E-state index contributed by atoms with van der Waals surface area (Å²) in [7, 11) is 3.11. The summed E-state index contributed by atoms with van der Waals surface area (Å²) in [4.78, 5) is 0. The van der Waals surface area contributed by atoms with Crippen LogP contribution in [0, 0.1) is 0 Å². The van der Waals surface area contributed by atoms with Crippen LogP contribution in [-0.4, -0.2) is 45.8 Å². The topological polar surface area (TPSA) is 34.1 Å². The molecule has 4 heteroatoms. The van der Waals surface area contributed by atoms with Gasteiger partial charge in [0.15, 0.2) is 9.84 Å². The minimum atomic E-state index is -2.87. The highest BCUT2D eigenvalue weighted by Gasteiger charge is 2.31. The minimum Gasteiger partial charge on any atom is -0.324 e. The predicted molar refractivity (Wildman–Crippen MR) is 44.7 cm³/mol. The van der Waals surface area contributed by atoms with E-state index in [1.165, 1.54) is 5.41 Å². The van der Waals surface area contributed by atoms with Gasteiger partial charge in [0, 0.05) is 5.41 Å². The van der Waals surface area contributed by atoms with E-state index in [1.54, 1.807) is 6.08 Å². The van der Waals surface area contributed by atoms with Crippen molar-refractivity contribution >= 4 is 9.84 Å². The van der Waals surface area contributed by atoms with Crippen LogP contribution in [-0.2, 0) is 9.84 Å². The molecule has 1 atom stereocenters. The molecule has 1 aliphatic rings. The highest BCUT2D eigenvalue weighted by Crippen LogP contribution is 2.15. The van der Waals surface area contributed by atoms with Crippen LogP contribution in [0.1, 0.15) is 0 Å². The van der Waals surface area contributed by atoms with Crippen molar-refractivity contribution in [1.29, 1.82) is 0 Å². The van der Waals surface area contributed by atoms with Gasteiger partial charge < -0.3 is 4.48 Å². The Bertz CT molecular complexity index is 271. The molecule has 0 fully saturated rings. The van der Waals surface area contributed by atoms with E-state index >= 15 is 0 Å². The van der Waals surface area contributed by atoms with E-state index in [9.17, 15) is 8.42 Å². The van der Waals surface area contributed by atoms with E-state index in [-0.39, 0.29) is 11.8 Å². The zero-order valence-corrected chi connectivity index (χ0v) is 7.93. The van der Waals surface area contributed by atoms with Gasteiger partial charge >= 0.3 is 0 Å². The van der Waals surface area contributed by atoms with E-state index in [1.807, 2.05) is 21.1 Å². The van der Waals surface area contributed by atoms with Crippen molar-refractivity contribution in [2.24, 2.45) is 0 Å². The third-order valence-electron chi connectivity index (χ3n) is 1.91. The van der Waals surface area contributed by atoms with Gasteiger partial charge in [-0.25, -0.2) is 8.42 Å². The van der Waals surface area contributed by atoms with Crippen molar-refractivity contribution < 1.29 is 12.9 Å². The molecule has 0 amide bonds.